The summed E-state index contributed by atoms with van der Waals surface area (Å²) in [5.41, 5.74) is 5.45. The molecular weight excluding hydrogens is 288 g/mol. The van der Waals surface area contributed by atoms with Crippen molar-refractivity contribution in [3.63, 3.8) is 0 Å². The third-order valence-corrected chi connectivity index (χ3v) is 4.07. The van der Waals surface area contributed by atoms with E-state index in [1.165, 1.54) is 11.1 Å². The lowest BCUT2D eigenvalue weighted by Gasteiger charge is -2.04. The van der Waals surface area contributed by atoms with Crippen molar-refractivity contribution in [1.29, 1.82) is 0 Å². The van der Waals surface area contributed by atoms with E-state index < -0.39 is 0 Å². The minimum Gasteiger partial charge on any atom is -0.298 e. The number of aldehydes is 1. The van der Waals surface area contributed by atoms with Gasteiger partial charge in [-0.15, -0.1) is 12.6 Å². The van der Waals surface area contributed by atoms with Gasteiger partial charge >= 0.3 is 0 Å². The van der Waals surface area contributed by atoms with Gasteiger partial charge < -0.3 is 0 Å². The quantitative estimate of drug-likeness (QED) is 0.442. The van der Waals surface area contributed by atoms with Gasteiger partial charge in [-0.3, -0.25) is 4.79 Å². The molecule has 0 atom stereocenters. The molecule has 2 rings (SSSR count). The zero-order chi connectivity index (χ0) is 15.9. The van der Waals surface area contributed by atoms with E-state index in [0.29, 0.717) is 5.56 Å². The molecule has 0 aliphatic rings. The lowest BCUT2D eigenvalue weighted by molar-refractivity contribution is 0.112. The first-order chi connectivity index (χ1) is 10.6. The van der Waals surface area contributed by atoms with Gasteiger partial charge in [0, 0.05) is 12.0 Å². The van der Waals surface area contributed by atoms with E-state index in [0.717, 1.165) is 28.7 Å². The Balaban J connectivity index is 2.05. The van der Waals surface area contributed by atoms with Crippen LogP contribution in [0.4, 0.5) is 0 Å². The van der Waals surface area contributed by atoms with E-state index in [4.69, 9.17) is 0 Å². The van der Waals surface area contributed by atoms with Crippen LogP contribution in [0.2, 0.25) is 0 Å². The molecule has 0 aromatic heterocycles. The zero-order valence-electron chi connectivity index (χ0n) is 12.9. The Morgan fingerprint density at radius 2 is 1.32 bits per heavy atom. The van der Waals surface area contributed by atoms with Crippen LogP contribution < -0.4 is 0 Å². The Morgan fingerprint density at radius 3 is 1.77 bits per heavy atom. The molecule has 0 spiro atoms. The van der Waals surface area contributed by atoms with Gasteiger partial charge in [0.2, 0.25) is 0 Å². The highest BCUT2D eigenvalue weighted by molar-refractivity contribution is 7.84. The number of carbonyl (C=O) groups excluding carboxylic acids is 1. The maximum atomic E-state index is 10.6. The summed E-state index contributed by atoms with van der Waals surface area (Å²) < 4.78 is 0. The van der Waals surface area contributed by atoms with E-state index in [-0.39, 0.29) is 0 Å². The molecule has 0 saturated carbocycles. The van der Waals surface area contributed by atoms with Crippen molar-refractivity contribution in [3.05, 3.63) is 81.3 Å². The van der Waals surface area contributed by atoms with Crippen molar-refractivity contribution in [2.24, 2.45) is 0 Å². The largest absolute Gasteiger partial charge is 0.298 e. The molecule has 0 aliphatic carbocycles. The van der Waals surface area contributed by atoms with Crippen LogP contribution in [0.5, 0.6) is 0 Å². The maximum Gasteiger partial charge on any atom is 0.150 e. The molecule has 0 saturated heterocycles. The SMILES string of the molecule is CC(C)=C(S)Cc1ccc(C=Cc2ccc(C=O)cc2)cc1. The monoisotopic (exact) mass is 308 g/mol. The summed E-state index contributed by atoms with van der Waals surface area (Å²) >= 11 is 4.51. The zero-order valence-corrected chi connectivity index (χ0v) is 13.8. The predicted molar refractivity (Wildman–Crippen MR) is 98.3 cm³/mol. The summed E-state index contributed by atoms with van der Waals surface area (Å²) in [7, 11) is 0. The molecule has 1 nitrogen and oxygen atoms in total. The smallest absolute Gasteiger partial charge is 0.150 e. The van der Waals surface area contributed by atoms with E-state index in [9.17, 15) is 4.79 Å². The lowest BCUT2D eigenvalue weighted by atomic mass is 10.1. The second-order valence-corrected chi connectivity index (χ2v) is 6.02. The first-order valence-corrected chi connectivity index (χ1v) is 7.71. The van der Waals surface area contributed by atoms with Crippen molar-refractivity contribution >= 4 is 31.1 Å². The van der Waals surface area contributed by atoms with Crippen molar-refractivity contribution in [3.8, 4) is 0 Å². The Hall–Kier alpha value is -2.06. The molecule has 0 fully saturated rings. The first-order valence-electron chi connectivity index (χ1n) is 7.26. The molecule has 22 heavy (non-hydrogen) atoms. The van der Waals surface area contributed by atoms with Crippen LogP contribution in [0, 0.1) is 0 Å². The molecule has 2 aromatic rings. The number of allylic oxidation sites excluding steroid dienone is 2. The summed E-state index contributed by atoms with van der Waals surface area (Å²) in [6.07, 6.45) is 5.85. The molecule has 0 unspecified atom stereocenters. The number of rotatable bonds is 5. The standard InChI is InChI=1S/C20H20OS/c1-15(2)20(22)13-18-9-5-16(6-10-18)3-4-17-7-11-19(14-21)12-8-17/h3-12,14,22H,13H2,1-2H3. The van der Waals surface area contributed by atoms with Crippen LogP contribution in [-0.2, 0) is 6.42 Å². The second-order valence-electron chi connectivity index (χ2n) is 5.48. The number of thiol groups is 1. The van der Waals surface area contributed by atoms with Crippen molar-refractivity contribution in [1.82, 2.24) is 0 Å². The highest BCUT2D eigenvalue weighted by Gasteiger charge is 1.97. The van der Waals surface area contributed by atoms with Crippen LogP contribution in [0.25, 0.3) is 12.2 Å². The lowest BCUT2D eigenvalue weighted by Crippen LogP contribution is -1.87. The van der Waals surface area contributed by atoms with Gasteiger partial charge in [0.05, 0.1) is 0 Å². The highest BCUT2D eigenvalue weighted by Crippen LogP contribution is 2.17. The minimum atomic E-state index is 0.698. The van der Waals surface area contributed by atoms with Crippen LogP contribution in [0.1, 0.15) is 40.9 Å². The third kappa shape index (κ3) is 4.74. The fraction of sp³-hybridized carbons (Fsp3) is 0.150. The topological polar surface area (TPSA) is 17.1 Å². The Morgan fingerprint density at radius 1 is 0.864 bits per heavy atom. The molecule has 0 N–H and O–H groups in total. The average Bonchev–Trinajstić information content (AvgIpc) is 2.54. The number of hydrogen-bond donors (Lipinski definition) is 1. The summed E-state index contributed by atoms with van der Waals surface area (Å²) in [6, 6.07) is 16.0. The highest BCUT2D eigenvalue weighted by atomic mass is 32.1. The van der Waals surface area contributed by atoms with Gasteiger partial charge in [-0.25, -0.2) is 0 Å². The number of hydrogen-bond acceptors (Lipinski definition) is 2. The first kappa shape index (κ1) is 16.3. The van der Waals surface area contributed by atoms with E-state index >= 15 is 0 Å². The number of carbonyl (C=O) groups is 1. The van der Waals surface area contributed by atoms with E-state index in [2.05, 4.69) is 56.8 Å². The molecule has 2 aromatic carbocycles. The fourth-order valence-corrected chi connectivity index (χ4v) is 2.18. The fourth-order valence-electron chi connectivity index (χ4n) is 1.99. The van der Waals surface area contributed by atoms with Crippen molar-refractivity contribution in [2.45, 2.75) is 20.3 Å². The van der Waals surface area contributed by atoms with Crippen molar-refractivity contribution < 1.29 is 4.79 Å². The second kappa shape index (κ2) is 7.81. The predicted octanol–water partition coefficient (Wildman–Crippen LogP) is 5.44. The minimum absolute atomic E-state index is 0.698. The van der Waals surface area contributed by atoms with Gasteiger partial charge in [0.15, 0.2) is 0 Å². The molecule has 0 amide bonds. The molecule has 2 heteroatoms. The Labute approximate surface area is 137 Å². The van der Waals surface area contributed by atoms with Crippen LogP contribution in [0.15, 0.2) is 59.0 Å². The van der Waals surface area contributed by atoms with Crippen LogP contribution in [-0.4, -0.2) is 6.29 Å². The van der Waals surface area contributed by atoms with Gasteiger partial charge in [-0.2, -0.15) is 0 Å². The summed E-state index contributed by atoms with van der Waals surface area (Å²) in [4.78, 5) is 11.7. The van der Waals surface area contributed by atoms with E-state index in [1.807, 2.05) is 30.3 Å². The Bertz CT molecular complexity index is 687. The van der Waals surface area contributed by atoms with Crippen LogP contribution in [0.3, 0.4) is 0 Å². The number of benzene rings is 2. The van der Waals surface area contributed by atoms with E-state index in [1.54, 1.807) is 0 Å². The molecule has 0 aliphatic heterocycles. The van der Waals surface area contributed by atoms with Gasteiger partial charge in [-0.1, -0.05) is 66.3 Å². The summed E-state index contributed by atoms with van der Waals surface area (Å²) in [5.74, 6) is 0. The summed E-state index contributed by atoms with van der Waals surface area (Å²) in [6.45, 7) is 4.16. The third-order valence-electron chi connectivity index (χ3n) is 3.47. The molecule has 0 bridgehead atoms. The van der Waals surface area contributed by atoms with Gasteiger partial charge in [0.25, 0.3) is 0 Å². The van der Waals surface area contributed by atoms with Crippen LogP contribution >= 0.6 is 12.6 Å². The van der Waals surface area contributed by atoms with Gasteiger partial charge in [-0.05, 0) is 35.4 Å². The van der Waals surface area contributed by atoms with Gasteiger partial charge in [0.1, 0.15) is 6.29 Å². The molecule has 0 radical (unpaired) electrons. The average molecular weight is 308 g/mol. The molecular formula is C20H20OS. The molecule has 112 valence electrons. The summed E-state index contributed by atoms with van der Waals surface area (Å²) in [5, 5.41) is 0. The maximum absolute atomic E-state index is 10.6. The Kier molecular flexibility index (Phi) is 5.79. The van der Waals surface area contributed by atoms with Crippen molar-refractivity contribution in [2.75, 3.05) is 0 Å². The normalized spacial score (nSPS) is 10.7. The molecule has 0 heterocycles.